The Morgan fingerprint density at radius 3 is 2.89 bits per heavy atom. The van der Waals surface area contributed by atoms with Gasteiger partial charge in [0.1, 0.15) is 16.2 Å². The standard InChI is InChI=1S/C19H20N6OS.ClH/c20-15-11-6-9-27-19(11)25-18(26)14(15)17-23-13-4-3-12(22-16(13)24-17)10-2-1-7-21-8-5-10;/h3-4,6,9-10,21H,1-2,5,7-8H2,(H3,20,25,26)(H,22,23,24);1H. The first kappa shape index (κ1) is 18.9. The summed E-state index contributed by atoms with van der Waals surface area (Å²) in [6, 6.07) is 5.98. The summed E-state index contributed by atoms with van der Waals surface area (Å²) in [6.45, 7) is 2.08. The highest BCUT2D eigenvalue weighted by atomic mass is 35.5. The number of pyridine rings is 2. The first-order valence-electron chi connectivity index (χ1n) is 9.17. The maximum Gasteiger partial charge on any atom is 0.262 e. The van der Waals surface area contributed by atoms with Crippen LogP contribution in [0.3, 0.4) is 0 Å². The lowest BCUT2D eigenvalue weighted by atomic mass is 9.96. The fraction of sp³-hybridized carbons (Fsp3) is 0.316. The average Bonchev–Trinajstić information content (AvgIpc) is 3.20. The second-order valence-corrected chi connectivity index (χ2v) is 7.89. The first-order chi connectivity index (χ1) is 13.2. The molecule has 0 spiro atoms. The molecule has 5 heterocycles. The number of hydrogen-bond donors (Lipinski definition) is 4. The summed E-state index contributed by atoms with van der Waals surface area (Å²) in [5, 5.41) is 6.19. The minimum atomic E-state index is -0.239. The van der Waals surface area contributed by atoms with Crippen molar-refractivity contribution in [1.29, 1.82) is 0 Å². The van der Waals surface area contributed by atoms with Crippen molar-refractivity contribution in [3.05, 3.63) is 39.6 Å². The van der Waals surface area contributed by atoms with Crippen molar-refractivity contribution in [3.8, 4) is 11.4 Å². The molecule has 9 heteroatoms. The molecule has 7 nitrogen and oxygen atoms in total. The monoisotopic (exact) mass is 416 g/mol. The lowest BCUT2D eigenvalue weighted by Crippen LogP contribution is -2.14. The van der Waals surface area contributed by atoms with E-state index in [1.807, 2.05) is 17.5 Å². The van der Waals surface area contributed by atoms with Gasteiger partial charge in [0.2, 0.25) is 0 Å². The van der Waals surface area contributed by atoms with Gasteiger partial charge in [-0.1, -0.05) is 0 Å². The fourth-order valence-electron chi connectivity index (χ4n) is 3.84. The molecule has 1 unspecified atom stereocenters. The lowest BCUT2D eigenvalue weighted by molar-refractivity contribution is 0.595. The molecule has 0 aliphatic carbocycles. The van der Waals surface area contributed by atoms with Crippen LogP contribution in [-0.2, 0) is 0 Å². The summed E-state index contributed by atoms with van der Waals surface area (Å²) < 4.78 is 0. The third-order valence-corrected chi connectivity index (χ3v) is 6.11. The van der Waals surface area contributed by atoms with Gasteiger partial charge in [0.05, 0.1) is 11.2 Å². The Morgan fingerprint density at radius 2 is 2.00 bits per heavy atom. The van der Waals surface area contributed by atoms with Crippen LogP contribution in [0.4, 0.5) is 5.69 Å². The van der Waals surface area contributed by atoms with E-state index in [0.29, 0.717) is 28.6 Å². The van der Waals surface area contributed by atoms with Crippen molar-refractivity contribution in [1.82, 2.24) is 25.3 Å². The van der Waals surface area contributed by atoms with Crippen LogP contribution in [0.5, 0.6) is 0 Å². The lowest BCUT2D eigenvalue weighted by Gasteiger charge is -2.12. The molecule has 146 valence electrons. The van der Waals surface area contributed by atoms with Crippen molar-refractivity contribution >= 4 is 50.8 Å². The molecular weight excluding hydrogens is 396 g/mol. The van der Waals surface area contributed by atoms with Crippen LogP contribution in [0.25, 0.3) is 32.8 Å². The van der Waals surface area contributed by atoms with Crippen LogP contribution in [-0.4, -0.2) is 33.0 Å². The molecule has 0 bridgehead atoms. The van der Waals surface area contributed by atoms with Gasteiger partial charge in [-0.05, 0) is 55.9 Å². The molecular formula is C19H21ClN6OS. The average molecular weight is 417 g/mol. The molecule has 0 radical (unpaired) electrons. The highest BCUT2D eigenvalue weighted by Gasteiger charge is 2.19. The smallest absolute Gasteiger partial charge is 0.262 e. The minimum absolute atomic E-state index is 0. The number of nitrogen functional groups attached to an aromatic ring is 1. The van der Waals surface area contributed by atoms with Gasteiger partial charge < -0.3 is 21.0 Å². The van der Waals surface area contributed by atoms with Crippen LogP contribution in [0.1, 0.15) is 30.9 Å². The fourth-order valence-corrected chi connectivity index (χ4v) is 4.64. The first-order valence-corrected chi connectivity index (χ1v) is 10.1. The SMILES string of the molecule is Cl.Nc1c(-c2nc3nc(C4CCCNCC4)ccc3[nH]2)c(=O)[nH]c2sccc12. The van der Waals surface area contributed by atoms with Crippen LogP contribution in [0.15, 0.2) is 28.4 Å². The van der Waals surface area contributed by atoms with Crippen molar-refractivity contribution in [3.63, 3.8) is 0 Å². The van der Waals surface area contributed by atoms with Gasteiger partial charge in [0.15, 0.2) is 5.65 Å². The van der Waals surface area contributed by atoms with E-state index in [-0.39, 0.29) is 18.0 Å². The second-order valence-electron chi connectivity index (χ2n) is 6.98. The normalized spacial score (nSPS) is 17.5. The number of thiophene rings is 1. The number of halogens is 1. The van der Waals surface area contributed by atoms with Crippen LogP contribution in [0.2, 0.25) is 0 Å². The Balaban J connectivity index is 0.00000192. The van der Waals surface area contributed by atoms with E-state index >= 15 is 0 Å². The summed E-state index contributed by atoms with van der Waals surface area (Å²) >= 11 is 1.46. The van der Waals surface area contributed by atoms with E-state index < -0.39 is 0 Å². The molecule has 1 saturated heterocycles. The maximum atomic E-state index is 12.6. The van der Waals surface area contributed by atoms with Crippen molar-refractivity contribution in [2.75, 3.05) is 18.8 Å². The summed E-state index contributed by atoms with van der Waals surface area (Å²) in [7, 11) is 0. The Labute approximate surface area is 171 Å². The highest BCUT2D eigenvalue weighted by molar-refractivity contribution is 7.16. The minimum Gasteiger partial charge on any atom is -0.397 e. The molecule has 5 N–H and O–H groups in total. The molecule has 0 amide bonds. The zero-order chi connectivity index (χ0) is 18.4. The van der Waals surface area contributed by atoms with Crippen LogP contribution >= 0.6 is 23.7 Å². The van der Waals surface area contributed by atoms with Gasteiger partial charge in [-0.25, -0.2) is 9.97 Å². The Bertz CT molecular complexity index is 1190. The van der Waals surface area contributed by atoms with Gasteiger partial charge in [-0.15, -0.1) is 23.7 Å². The van der Waals surface area contributed by atoms with Crippen LogP contribution < -0.4 is 16.6 Å². The van der Waals surface area contributed by atoms with Gasteiger partial charge in [-0.3, -0.25) is 4.79 Å². The Kier molecular flexibility index (Phi) is 5.09. The quantitative estimate of drug-likeness (QED) is 0.400. The van der Waals surface area contributed by atoms with Crippen molar-refractivity contribution < 1.29 is 0 Å². The summed E-state index contributed by atoms with van der Waals surface area (Å²) in [4.78, 5) is 28.8. The molecule has 4 aromatic rings. The van der Waals surface area contributed by atoms with E-state index in [9.17, 15) is 4.79 Å². The molecule has 1 aliphatic rings. The molecule has 28 heavy (non-hydrogen) atoms. The predicted molar refractivity (Wildman–Crippen MR) is 116 cm³/mol. The molecule has 4 aromatic heterocycles. The van der Waals surface area contributed by atoms with E-state index in [1.165, 1.54) is 11.3 Å². The van der Waals surface area contributed by atoms with E-state index in [0.717, 1.165) is 53.8 Å². The summed E-state index contributed by atoms with van der Waals surface area (Å²) in [5.74, 6) is 0.907. The number of hydrogen-bond acceptors (Lipinski definition) is 6. The number of imidazole rings is 1. The zero-order valence-corrected chi connectivity index (χ0v) is 16.8. The largest absolute Gasteiger partial charge is 0.397 e. The molecule has 1 aliphatic heterocycles. The Hall–Kier alpha value is -2.42. The van der Waals surface area contributed by atoms with Gasteiger partial charge in [0, 0.05) is 17.0 Å². The van der Waals surface area contributed by atoms with Gasteiger partial charge >= 0.3 is 0 Å². The number of H-pyrrole nitrogens is 2. The predicted octanol–water partition coefficient (Wildman–Crippen LogP) is 3.39. The van der Waals surface area contributed by atoms with E-state index in [2.05, 4.69) is 26.3 Å². The summed E-state index contributed by atoms with van der Waals surface area (Å²) in [6.07, 6.45) is 3.37. The molecule has 1 atom stereocenters. The third kappa shape index (κ3) is 3.17. The van der Waals surface area contributed by atoms with Crippen molar-refractivity contribution in [2.45, 2.75) is 25.2 Å². The molecule has 0 aromatic carbocycles. The number of nitrogens with one attached hydrogen (secondary N) is 3. The summed E-state index contributed by atoms with van der Waals surface area (Å²) in [5.41, 5.74) is 9.37. The number of nitrogens with two attached hydrogens (primary N) is 1. The van der Waals surface area contributed by atoms with Gasteiger partial charge in [-0.2, -0.15) is 0 Å². The molecule has 0 saturated carbocycles. The number of aromatic nitrogens is 4. The van der Waals surface area contributed by atoms with E-state index in [4.69, 9.17) is 10.7 Å². The second kappa shape index (κ2) is 7.54. The Morgan fingerprint density at radius 1 is 1.11 bits per heavy atom. The number of fused-ring (bicyclic) bond motifs is 2. The van der Waals surface area contributed by atoms with Crippen molar-refractivity contribution in [2.24, 2.45) is 0 Å². The molecule has 5 rings (SSSR count). The number of rotatable bonds is 2. The number of nitrogens with zero attached hydrogens (tertiary/aromatic N) is 2. The van der Waals surface area contributed by atoms with Gasteiger partial charge in [0.25, 0.3) is 5.56 Å². The van der Waals surface area contributed by atoms with E-state index in [1.54, 1.807) is 0 Å². The topological polar surface area (TPSA) is 112 Å². The number of aromatic amines is 2. The third-order valence-electron chi connectivity index (χ3n) is 5.28. The molecule has 1 fully saturated rings. The zero-order valence-electron chi connectivity index (χ0n) is 15.1. The highest BCUT2D eigenvalue weighted by Crippen LogP contribution is 2.31. The van der Waals surface area contributed by atoms with Crippen LogP contribution in [0, 0.1) is 0 Å². The maximum absolute atomic E-state index is 12.6. The number of anilines is 1.